The predicted molar refractivity (Wildman–Crippen MR) is 76.2 cm³/mol. The summed E-state index contributed by atoms with van der Waals surface area (Å²) in [5.74, 6) is 0.407. The second kappa shape index (κ2) is 6.25. The first-order valence-corrected chi connectivity index (χ1v) is 6.71. The number of hydrogen-bond donors (Lipinski definition) is 2. The molecule has 0 saturated carbocycles. The summed E-state index contributed by atoms with van der Waals surface area (Å²) in [7, 11) is 0. The molecule has 7 heteroatoms. The average Bonchev–Trinajstić information content (AvgIpc) is 3.01. The zero-order valence-corrected chi connectivity index (χ0v) is 11.2. The molecule has 2 heterocycles. The number of hydrazone groups is 1. The van der Waals surface area contributed by atoms with E-state index in [1.165, 1.54) is 5.56 Å². The molecular weight excluding hydrogens is 254 g/mol. The molecular formula is C13H17N7. The first kappa shape index (κ1) is 12.7. The van der Waals surface area contributed by atoms with Crippen molar-refractivity contribution in [3.8, 4) is 0 Å². The third kappa shape index (κ3) is 3.39. The van der Waals surface area contributed by atoms with Crippen LogP contribution in [0.15, 0.2) is 35.4 Å². The lowest BCUT2D eigenvalue weighted by molar-refractivity contribution is 0.266. The molecule has 1 aromatic heterocycles. The van der Waals surface area contributed by atoms with Gasteiger partial charge in [-0.1, -0.05) is 35.4 Å². The van der Waals surface area contributed by atoms with Gasteiger partial charge in [0, 0.05) is 38.2 Å². The monoisotopic (exact) mass is 271 g/mol. The van der Waals surface area contributed by atoms with Crippen molar-refractivity contribution < 1.29 is 0 Å². The van der Waals surface area contributed by atoms with Gasteiger partial charge in [0.2, 0.25) is 0 Å². The number of nitrogens with one attached hydrogen (secondary N) is 2. The highest BCUT2D eigenvalue weighted by molar-refractivity contribution is 5.85. The lowest BCUT2D eigenvalue weighted by Crippen LogP contribution is -2.33. The molecule has 0 radical (unpaired) electrons. The Kier molecular flexibility index (Phi) is 3.98. The maximum Gasteiger partial charge on any atom is 0.283 e. The number of anilines is 1. The van der Waals surface area contributed by atoms with Crippen LogP contribution in [0.5, 0.6) is 0 Å². The molecule has 3 rings (SSSR count). The lowest BCUT2D eigenvalue weighted by atomic mass is 10.1. The van der Waals surface area contributed by atoms with Gasteiger partial charge in [0.1, 0.15) is 0 Å². The fourth-order valence-corrected chi connectivity index (χ4v) is 2.26. The van der Waals surface area contributed by atoms with Crippen molar-refractivity contribution in [3.63, 3.8) is 0 Å². The number of likely N-dealkylation sites (tertiary alicyclic amines) is 1. The molecule has 1 aliphatic rings. The summed E-state index contributed by atoms with van der Waals surface area (Å²) in [4.78, 5) is 2.45. The Labute approximate surface area is 117 Å². The minimum absolute atomic E-state index is 0.407. The Hall–Kier alpha value is -2.28. The van der Waals surface area contributed by atoms with Crippen LogP contribution in [-0.2, 0) is 6.54 Å². The minimum Gasteiger partial charge on any atom is -0.298 e. The summed E-state index contributed by atoms with van der Waals surface area (Å²) in [5.41, 5.74) is 5.32. The van der Waals surface area contributed by atoms with Crippen molar-refractivity contribution >= 4 is 11.7 Å². The van der Waals surface area contributed by atoms with Crippen LogP contribution in [0.4, 0.5) is 5.95 Å². The number of hydrogen-bond acceptors (Lipinski definition) is 6. The third-order valence-corrected chi connectivity index (χ3v) is 3.34. The van der Waals surface area contributed by atoms with E-state index < -0.39 is 0 Å². The van der Waals surface area contributed by atoms with Crippen LogP contribution < -0.4 is 5.43 Å². The van der Waals surface area contributed by atoms with Crippen molar-refractivity contribution in [2.75, 3.05) is 18.5 Å². The van der Waals surface area contributed by atoms with Crippen molar-refractivity contribution in [3.05, 3.63) is 35.9 Å². The molecule has 0 atom stereocenters. The Bertz CT molecular complexity index is 539. The topological polar surface area (TPSA) is 82.1 Å². The summed E-state index contributed by atoms with van der Waals surface area (Å²) in [6, 6.07) is 10.6. The summed E-state index contributed by atoms with van der Waals surface area (Å²) in [6.07, 6.45) is 1.94. The van der Waals surface area contributed by atoms with Crippen LogP contribution in [0.1, 0.15) is 18.4 Å². The highest BCUT2D eigenvalue weighted by Crippen LogP contribution is 2.12. The van der Waals surface area contributed by atoms with Crippen molar-refractivity contribution in [2.45, 2.75) is 19.4 Å². The molecule has 1 fully saturated rings. The molecule has 2 aromatic rings. The van der Waals surface area contributed by atoms with E-state index in [9.17, 15) is 0 Å². The maximum absolute atomic E-state index is 4.32. The molecule has 2 N–H and O–H groups in total. The summed E-state index contributed by atoms with van der Waals surface area (Å²) in [6.45, 7) is 3.07. The Morgan fingerprint density at radius 2 is 2.00 bits per heavy atom. The molecule has 104 valence electrons. The zero-order valence-electron chi connectivity index (χ0n) is 11.2. The number of nitrogens with zero attached hydrogens (tertiary/aromatic N) is 5. The Morgan fingerprint density at radius 1 is 1.20 bits per heavy atom. The van der Waals surface area contributed by atoms with Crippen LogP contribution in [-0.4, -0.2) is 44.3 Å². The summed E-state index contributed by atoms with van der Waals surface area (Å²) in [5, 5.41) is 17.8. The normalized spacial score (nSPS) is 16.1. The molecule has 0 spiro atoms. The van der Waals surface area contributed by atoms with Crippen LogP contribution in [0.3, 0.4) is 0 Å². The van der Waals surface area contributed by atoms with Gasteiger partial charge in [0.15, 0.2) is 0 Å². The summed E-state index contributed by atoms with van der Waals surface area (Å²) < 4.78 is 0. The summed E-state index contributed by atoms with van der Waals surface area (Å²) >= 11 is 0. The first-order valence-electron chi connectivity index (χ1n) is 6.71. The molecule has 1 aliphatic heterocycles. The zero-order chi connectivity index (χ0) is 13.6. The number of piperidine rings is 1. The number of benzene rings is 1. The van der Waals surface area contributed by atoms with Crippen LogP contribution in [0.25, 0.3) is 0 Å². The van der Waals surface area contributed by atoms with Crippen LogP contribution in [0.2, 0.25) is 0 Å². The van der Waals surface area contributed by atoms with E-state index in [0.29, 0.717) is 5.95 Å². The SMILES string of the molecule is c1ccc(CN2CCC(=NNc3nn[nH]n3)CC2)cc1. The highest BCUT2D eigenvalue weighted by atomic mass is 15.5. The first-order chi connectivity index (χ1) is 9.90. The number of rotatable bonds is 4. The number of aromatic amines is 1. The van der Waals surface area contributed by atoms with Gasteiger partial charge in [-0.25, -0.2) is 5.43 Å². The van der Waals surface area contributed by atoms with Crippen molar-refractivity contribution in [1.29, 1.82) is 0 Å². The van der Waals surface area contributed by atoms with Gasteiger partial charge in [0.05, 0.1) is 0 Å². The smallest absolute Gasteiger partial charge is 0.283 e. The van der Waals surface area contributed by atoms with Crippen LogP contribution in [0, 0.1) is 0 Å². The third-order valence-electron chi connectivity index (χ3n) is 3.34. The van der Waals surface area contributed by atoms with Crippen molar-refractivity contribution in [1.82, 2.24) is 25.5 Å². The molecule has 0 bridgehead atoms. The van der Waals surface area contributed by atoms with Gasteiger partial charge in [-0.15, -0.1) is 5.10 Å². The second-order valence-corrected chi connectivity index (χ2v) is 4.79. The minimum atomic E-state index is 0.407. The van der Waals surface area contributed by atoms with Gasteiger partial charge in [-0.2, -0.15) is 10.3 Å². The predicted octanol–water partition coefficient (Wildman–Crippen LogP) is 1.26. The van der Waals surface area contributed by atoms with E-state index in [1.807, 2.05) is 6.07 Å². The van der Waals surface area contributed by atoms with Crippen LogP contribution >= 0.6 is 0 Å². The maximum atomic E-state index is 4.32. The van der Waals surface area contributed by atoms with E-state index in [0.717, 1.165) is 38.2 Å². The second-order valence-electron chi connectivity index (χ2n) is 4.79. The number of tetrazole rings is 1. The van der Waals surface area contributed by atoms with E-state index >= 15 is 0 Å². The van der Waals surface area contributed by atoms with E-state index in [-0.39, 0.29) is 0 Å². The lowest BCUT2D eigenvalue weighted by Gasteiger charge is -2.27. The fraction of sp³-hybridized carbons (Fsp3) is 0.385. The molecule has 0 aliphatic carbocycles. The van der Waals surface area contributed by atoms with E-state index in [2.05, 4.69) is 60.3 Å². The number of aromatic nitrogens is 4. The molecule has 1 saturated heterocycles. The van der Waals surface area contributed by atoms with Gasteiger partial charge < -0.3 is 0 Å². The molecule has 0 unspecified atom stereocenters. The highest BCUT2D eigenvalue weighted by Gasteiger charge is 2.15. The molecule has 7 nitrogen and oxygen atoms in total. The Balaban J connectivity index is 1.48. The van der Waals surface area contributed by atoms with Gasteiger partial charge >= 0.3 is 0 Å². The van der Waals surface area contributed by atoms with Crippen molar-refractivity contribution in [2.24, 2.45) is 5.10 Å². The van der Waals surface area contributed by atoms with E-state index in [4.69, 9.17) is 0 Å². The van der Waals surface area contributed by atoms with Gasteiger partial charge in [-0.05, 0) is 10.8 Å². The van der Waals surface area contributed by atoms with Gasteiger partial charge in [-0.3, -0.25) is 4.90 Å². The largest absolute Gasteiger partial charge is 0.298 e. The quantitative estimate of drug-likeness (QED) is 0.818. The molecule has 0 amide bonds. The molecule has 1 aromatic carbocycles. The number of H-pyrrole nitrogens is 1. The standard InChI is InChI=1S/C13H17N7/c1-2-4-11(5-3-1)10-20-8-6-12(7-9-20)14-15-13-16-18-19-17-13/h1-5H,6-10H2,(H2,15,16,17,18,19). The Morgan fingerprint density at radius 3 is 2.70 bits per heavy atom. The average molecular weight is 271 g/mol. The van der Waals surface area contributed by atoms with E-state index in [1.54, 1.807) is 0 Å². The fourth-order valence-electron chi connectivity index (χ4n) is 2.26. The molecule has 20 heavy (non-hydrogen) atoms. The van der Waals surface area contributed by atoms with Gasteiger partial charge in [0.25, 0.3) is 5.95 Å².